The quantitative estimate of drug-likeness (QED) is 0.457. The minimum Gasteiger partial charge on any atom is -0.458 e. The lowest BCUT2D eigenvalue weighted by molar-refractivity contribution is -0.168. The SMILES string of the molecule is CC(=O)OCC(=O)[C@@]1(O)CC[C@H]2[C@@H]3CC(C(F)F)C4=CC(=O)C=C[C@]4(C)[C@@]3(Cl)C(Cl)C[C@@]21C. The number of halogens is 4. The standard InChI is InChI=1S/C24H28Cl2F2O5/c1-12(29)33-11-19(31)23(32)7-5-15-17-9-14(20(27)28)16-8-13(30)4-6-21(16,2)24(17,26)18(25)10-22(15,23)3/h4,6,8,14-15,17-18,20,32H,5,7,9-11H2,1-3H3/t14?,15-,17-,18?,21-,22-,23-,24-/m0/s1. The van der Waals surface area contributed by atoms with Crippen LogP contribution in [-0.4, -0.2) is 51.5 Å². The maximum atomic E-state index is 14.3. The van der Waals surface area contributed by atoms with Gasteiger partial charge in [-0.1, -0.05) is 19.9 Å². The van der Waals surface area contributed by atoms with E-state index in [1.807, 2.05) is 0 Å². The zero-order valence-electron chi connectivity index (χ0n) is 18.7. The molecule has 0 aliphatic heterocycles. The lowest BCUT2D eigenvalue weighted by atomic mass is 9.44. The number of alkyl halides is 4. The third-order valence-corrected chi connectivity index (χ3v) is 10.6. The highest BCUT2D eigenvalue weighted by molar-refractivity contribution is 6.34. The predicted octanol–water partition coefficient (Wildman–Crippen LogP) is 4.23. The van der Waals surface area contributed by atoms with Crippen LogP contribution in [0.2, 0.25) is 0 Å². The van der Waals surface area contributed by atoms with Crippen LogP contribution in [0.3, 0.4) is 0 Å². The molecule has 0 heterocycles. The van der Waals surface area contributed by atoms with Crippen molar-refractivity contribution < 1.29 is 33.0 Å². The summed E-state index contributed by atoms with van der Waals surface area (Å²) < 4.78 is 33.4. The second-order valence-electron chi connectivity index (χ2n) is 10.4. The maximum absolute atomic E-state index is 14.3. The zero-order chi connectivity index (χ0) is 24.6. The first-order valence-electron chi connectivity index (χ1n) is 11.2. The Hall–Kier alpha value is -1.31. The van der Waals surface area contributed by atoms with Crippen LogP contribution in [0.25, 0.3) is 0 Å². The van der Waals surface area contributed by atoms with Crippen LogP contribution in [0.4, 0.5) is 8.78 Å². The van der Waals surface area contributed by atoms with Crippen LogP contribution in [-0.2, 0) is 19.1 Å². The first-order valence-corrected chi connectivity index (χ1v) is 12.0. The fourth-order valence-corrected chi connectivity index (χ4v) is 8.45. The van der Waals surface area contributed by atoms with Crippen molar-refractivity contribution in [2.75, 3.05) is 6.61 Å². The summed E-state index contributed by atoms with van der Waals surface area (Å²) in [5, 5.41) is 10.8. The van der Waals surface area contributed by atoms with E-state index in [1.165, 1.54) is 19.1 Å². The third-order valence-electron chi connectivity index (χ3n) is 9.02. The van der Waals surface area contributed by atoms with Crippen molar-refractivity contribution in [3.8, 4) is 0 Å². The lowest BCUT2D eigenvalue weighted by Crippen LogP contribution is -2.68. The summed E-state index contributed by atoms with van der Waals surface area (Å²) in [6.07, 6.45) is 2.19. The van der Waals surface area contributed by atoms with E-state index in [-0.39, 0.29) is 31.0 Å². The van der Waals surface area contributed by atoms with Gasteiger partial charge in [-0.05, 0) is 55.2 Å². The molecule has 0 aromatic rings. The highest BCUT2D eigenvalue weighted by Crippen LogP contribution is 2.72. The first kappa shape index (κ1) is 24.8. The van der Waals surface area contributed by atoms with E-state index in [4.69, 9.17) is 27.9 Å². The molecule has 0 amide bonds. The van der Waals surface area contributed by atoms with Gasteiger partial charge in [0, 0.05) is 23.7 Å². The molecular weight excluding hydrogens is 477 g/mol. The van der Waals surface area contributed by atoms with Gasteiger partial charge in [0.25, 0.3) is 0 Å². The van der Waals surface area contributed by atoms with E-state index >= 15 is 0 Å². The van der Waals surface area contributed by atoms with Crippen molar-refractivity contribution in [1.82, 2.24) is 0 Å². The summed E-state index contributed by atoms with van der Waals surface area (Å²) in [6.45, 7) is 4.12. The number of carbonyl (C=O) groups excluding carboxylic acids is 3. The molecular formula is C24H28Cl2F2O5. The van der Waals surface area contributed by atoms with Gasteiger partial charge < -0.3 is 9.84 Å². The molecule has 8 atom stereocenters. The number of aliphatic hydroxyl groups is 1. The molecule has 0 saturated heterocycles. The molecule has 5 nitrogen and oxygen atoms in total. The number of hydrogen-bond donors (Lipinski definition) is 1. The molecule has 182 valence electrons. The van der Waals surface area contributed by atoms with Crippen molar-refractivity contribution in [3.63, 3.8) is 0 Å². The molecule has 0 radical (unpaired) electrons. The van der Waals surface area contributed by atoms with Crippen LogP contribution < -0.4 is 0 Å². The van der Waals surface area contributed by atoms with Gasteiger partial charge in [0.2, 0.25) is 12.2 Å². The molecule has 4 aliphatic carbocycles. The molecule has 33 heavy (non-hydrogen) atoms. The van der Waals surface area contributed by atoms with Crippen LogP contribution in [0.5, 0.6) is 0 Å². The minimum absolute atomic E-state index is 0.00139. The average Bonchev–Trinajstić information content (AvgIpc) is 2.99. The Balaban J connectivity index is 1.79. The van der Waals surface area contributed by atoms with Gasteiger partial charge in [0.15, 0.2) is 12.4 Å². The molecule has 2 unspecified atom stereocenters. The second kappa shape index (κ2) is 7.85. The largest absolute Gasteiger partial charge is 0.458 e. The number of ketones is 2. The number of hydrogen-bond acceptors (Lipinski definition) is 5. The van der Waals surface area contributed by atoms with Crippen molar-refractivity contribution in [2.24, 2.45) is 28.6 Å². The Labute approximate surface area is 201 Å². The fourth-order valence-electron chi connectivity index (χ4n) is 7.25. The molecule has 3 fully saturated rings. The highest BCUT2D eigenvalue weighted by Gasteiger charge is 2.74. The number of rotatable bonds is 4. The molecule has 4 rings (SSSR count). The molecule has 4 aliphatic rings. The number of allylic oxidation sites excluding steroid dienone is 4. The molecule has 0 bridgehead atoms. The van der Waals surface area contributed by atoms with Crippen molar-refractivity contribution in [2.45, 2.75) is 68.7 Å². The summed E-state index contributed by atoms with van der Waals surface area (Å²) in [6, 6.07) is 0. The monoisotopic (exact) mass is 504 g/mol. The van der Waals surface area contributed by atoms with Gasteiger partial charge in [0.1, 0.15) is 5.60 Å². The number of carbonyl (C=O) groups is 3. The van der Waals surface area contributed by atoms with Gasteiger partial charge >= 0.3 is 5.97 Å². The summed E-state index contributed by atoms with van der Waals surface area (Å²) >= 11 is 14.3. The van der Waals surface area contributed by atoms with E-state index in [0.717, 1.165) is 0 Å². The topological polar surface area (TPSA) is 80.7 Å². The zero-order valence-corrected chi connectivity index (χ0v) is 20.3. The Morgan fingerprint density at radius 2 is 1.97 bits per heavy atom. The molecule has 3 saturated carbocycles. The molecule has 0 spiro atoms. The summed E-state index contributed by atoms with van der Waals surface area (Å²) in [4.78, 5) is 35.1. The summed E-state index contributed by atoms with van der Waals surface area (Å²) in [7, 11) is 0. The minimum atomic E-state index is -2.70. The Kier molecular flexibility index (Phi) is 5.90. The van der Waals surface area contributed by atoms with Gasteiger partial charge in [-0.15, -0.1) is 23.2 Å². The van der Waals surface area contributed by atoms with E-state index < -0.39 is 63.3 Å². The van der Waals surface area contributed by atoms with Gasteiger partial charge in [-0.25, -0.2) is 8.78 Å². The summed E-state index contributed by atoms with van der Waals surface area (Å²) in [5.41, 5.74) is -3.63. The van der Waals surface area contributed by atoms with Crippen LogP contribution >= 0.6 is 23.2 Å². The molecule has 9 heteroatoms. The van der Waals surface area contributed by atoms with Crippen LogP contribution in [0.1, 0.15) is 46.5 Å². The number of esters is 1. The average molecular weight is 505 g/mol. The number of fused-ring (bicyclic) bond motifs is 5. The predicted molar refractivity (Wildman–Crippen MR) is 118 cm³/mol. The molecule has 1 N–H and O–H groups in total. The molecule has 0 aromatic carbocycles. The number of ether oxygens (including phenoxy) is 1. The fraction of sp³-hybridized carbons (Fsp3) is 0.708. The smallest absolute Gasteiger partial charge is 0.303 e. The Morgan fingerprint density at radius 1 is 1.30 bits per heavy atom. The highest BCUT2D eigenvalue weighted by atomic mass is 35.5. The van der Waals surface area contributed by atoms with E-state index in [1.54, 1.807) is 19.9 Å². The normalized spacial score (nSPS) is 46.3. The Bertz CT molecular complexity index is 967. The third kappa shape index (κ3) is 3.21. The second-order valence-corrected chi connectivity index (χ2v) is 11.5. The van der Waals surface area contributed by atoms with Crippen molar-refractivity contribution in [1.29, 1.82) is 0 Å². The van der Waals surface area contributed by atoms with E-state index in [0.29, 0.717) is 12.0 Å². The Morgan fingerprint density at radius 3 is 2.58 bits per heavy atom. The van der Waals surface area contributed by atoms with Crippen LogP contribution in [0, 0.1) is 28.6 Å². The lowest BCUT2D eigenvalue weighted by Gasteiger charge is -2.65. The molecule has 0 aromatic heterocycles. The number of Topliss-reactive ketones (excluding diaryl/α,β-unsaturated/α-hetero) is 1. The van der Waals surface area contributed by atoms with Gasteiger partial charge in [-0.2, -0.15) is 0 Å². The van der Waals surface area contributed by atoms with E-state index in [9.17, 15) is 28.3 Å². The first-order chi connectivity index (χ1) is 15.2. The van der Waals surface area contributed by atoms with Gasteiger partial charge in [-0.3, -0.25) is 14.4 Å². The van der Waals surface area contributed by atoms with Crippen molar-refractivity contribution in [3.05, 3.63) is 23.8 Å². The summed E-state index contributed by atoms with van der Waals surface area (Å²) in [5.74, 6) is -3.69. The maximum Gasteiger partial charge on any atom is 0.303 e. The van der Waals surface area contributed by atoms with E-state index in [2.05, 4.69) is 0 Å². The van der Waals surface area contributed by atoms with Crippen molar-refractivity contribution >= 4 is 40.7 Å². The van der Waals surface area contributed by atoms with Crippen LogP contribution in [0.15, 0.2) is 23.8 Å². The van der Waals surface area contributed by atoms with Gasteiger partial charge in [0.05, 0.1) is 10.3 Å².